The second-order valence-electron chi connectivity index (χ2n) is 3.64. The van der Waals surface area contributed by atoms with Crippen molar-refractivity contribution in [2.45, 2.75) is 5.88 Å². The highest BCUT2D eigenvalue weighted by Crippen LogP contribution is 2.18. The number of anilines is 1. The number of hydrogen-bond donors (Lipinski definition) is 1. The van der Waals surface area contributed by atoms with E-state index in [2.05, 4.69) is 26.2 Å². The number of halogens is 2. The Morgan fingerprint density at radius 2 is 2.11 bits per heavy atom. The number of hydrogen-bond acceptors (Lipinski definition) is 2. The maximum Gasteiger partial charge on any atom is 0.257 e. The van der Waals surface area contributed by atoms with Gasteiger partial charge in [-0.2, -0.15) is 0 Å². The molecule has 0 aliphatic carbocycles. The molecule has 1 aromatic heterocycles. The number of carbonyl (C=O) groups is 1. The summed E-state index contributed by atoms with van der Waals surface area (Å²) in [6, 6.07) is 9.15. The van der Waals surface area contributed by atoms with Crippen LogP contribution in [0.25, 0.3) is 0 Å². The van der Waals surface area contributed by atoms with Gasteiger partial charge >= 0.3 is 0 Å². The molecule has 0 atom stereocenters. The molecular weight excluding hydrogens is 316 g/mol. The lowest BCUT2D eigenvalue weighted by molar-refractivity contribution is 0.102. The largest absolute Gasteiger partial charge is 0.322 e. The van der Waals surface area contributed by atoms with Gasteiger partial charge < -0.3 is 5.32 Å². The van der Waals surface area contributed by atoms with Gasteiger partial charge in [0, 0.05) is 28.4 Å². The summed E-state index contributed by atoms with van der Waals surface area (Å²) in [7, 11) is 0. The average Bonchev–Trinajstić information content (AvgIpc) is 2.39. The van der Waals surface area contributed by atoms with Crippen LogP contribution in [0.3, 0.4) is 0 Å². The van der Waals surface area contributed by atoms with E-state index in [0.717, 1.165) is 15.7 Å². The summed E-state index contributed by atoms with van der Waals surface area (Å²) in [6.45, 7) is 0. The standard InChI is InChI=1S/C13H10BrClN2O/c14-11-5-10(7-16-8-11)13(18)17-12-4-2-1-3-9(12)6-15/h1-5,7-8H,6H2,(H,17,18). The number of para-hydroxylation sites is 1. The summed E-state index contributed by atoms with van der Waals surface area (Å²) in [5, 5.41) is 2.82. The van der Waals surface area contributed by atoms with Crippen LogP contribution < -0.4 is 5.32 Å². The molecule has 1 N–H and O–H groups in total. The van der Waals surface area contributed by atoms with Crippen LogP contribution >= 0.6 is 27.5 Å². The molecule has 0 bridgehead atoms. The van der Waals surface area contributed by atoms with Gasteiger partial charge in [0.05, 0.1) is 5.56 Å². The number of nitrogens with zero attached hydrogens (tertiary/aromatic N) is 1. The monoisotopic (exact) mass is 324 g/mol. The molecule has 0 radical (unpaired) electrons. The quantitative estimate of drug-likeness (QED) is 0.871. The van der Waals surface area contributed by atoms with Crippen molar-refractivity contribution >= 4 is 39.1 Å². The second-order valence-corrected chi connectivity index (χ2v) is 4.82. The maximum absolute atomic E-state index is 12.0. The first kappa shape index (κ1) is 13.1. The Hall–Kier alpha value is -1.39. The van der Waals surface area contributed by atoms with E-state index in [4.69, 9.17) is 11.6 Å². The third-order valence-corrected chi connectivity index (χ3v) is 3.10. The van der Waals surface area contributed by atoms with Gasteiger partial charge in [0.1, 0.15) is 0 Å². The summed E-state index contributed by atoms with van der Waals surface area (Å²) in [5.41, 5.74) is 2.10. The smallest absolute Gasteiger partial charge is 0.257 e. The Bertz CT molecular complexity index is 574. The van der Waals surface area contributed by atoms with E-state index in [-0.39, 0.29) is 5.91 Å². The van der Waals surface area contributed by atoms with Crippen molar-refractivity contribution in [1.82, 2.24) is 4.98 Å². The summed E-state index contributed by atoms with van der Waals surface area (Å²) in [5.74, 6) is 0.147. The van der Waals surface area contributed by atoms with E-state index in [1.165, 1.54) is 6.20 Å². The highest BCUT2D eigenvalue weighted by molar-refractivity contribution is 9.10. The molecule has 18 heavy (non-hydrogen) atoms. The van der Waals surface area contributed by atoms with Gasteiger partial charge in [-0.3, -0.25) is 9.78 Å². The predicted octanol–water partition coefficient (Wildman–Crippen LogP) is 3.84. The molecule has 0 saturated carbocycles. The van der Waals surface area contributed by atoms with Gasteiger partial charge in [0.25, 0.3) is 5.91 Å². The van der Waals surface area contributed by atoms with Crippen molar-refractivity contribution in [3.63, 3.8) is 0 Å². The number of carbonyl (C=O) groups excluding carboxylic acids is 1. The lowest BCUT2D eigenvalue weighted by Gasteiger charge is -2.08. The van der Waals surface area contributed by atoms with Crippen molar-refractivity contribution in [3.8, 4) is 0 Å². The zero-order valence-electron chi connectivity index (χ0n) is 9.36. The fourth-order valence-electron chi connectivity index (χ4n) is 1.49. The minimum absolute atomic E-state index is 0.207. The minimum Gasteiger partial charge on any atom is -0.322 e. The van der Waals surface area contributed by atoms with Crippen molar-refractivity contribution in [2.75, 3.05) is 5.32 Å². The number of rotatable bonds is 3. The highest BCUT2D eigenvalue weighted by atomic mass is 79.9. The molecular formula is C13H10BrClN2O. The zero-order valence-corrected chi connectivity index (χ0v) is 11.7. The highest BCUT2D eigenvalue weighted by Gasteiger charge is 2.09. The molecule has 2 rings (SSSR count). The molecule has 0 spiro atoms. The third kappa shape index (κ3) is 3.09. The molecule has 1 heterocycles. The van der Waals surface area contributed by atoms with E-state index in [1.54, 1.807) is 12.3 Å². The van der Waals surface area contributed by atoms with Crippen LogP contribution in [0.5, 0.6) is 0 Å². The molecule has 5 heteroatoms. The Balaban J connectivity index is 2.21. The maximum atomic E-state index is 12.0. The van der Waals surface area contributed by atoms with Crippen LogP contribution in [0.4, 0.5) is 5.69 Å². The van der Waals surface area contributed by atoms with E-state index in [0.29, 0.717) is 11.4 Å². The second kappa shape index (κ2) is 5.98. The normalized spacial score (nSPS) is 10.1. The molecule has 0 aliphatic heterocycles. The number of alkyl halides is 1. The van der Waals surface area contributed by atoms with Gasteiger partial charge in [-0.15, -0.1) is 11.6 Å². The fraction of sp³-hybridized carbons (Fsp3) is 0.0769. The molecule has 1 amide bonds. The Morgan fingerprint density at radius 3 is 2.83 bits per heavy atom. The lowest BCUT2D eigenvalue weighted by Crippen LogP contribution is -2.13. The number of nitrogens with one attached hydrogen (secondary N) is 1. The molecule has 2 aromatic rings. The van der Waals surface area contributed by atoms with Crippen LogP contribution in [0.15, 0.2) is 47.2 Å². The molecule has 0 fully saturated rings. The predicted molar refractivity (Wildman–Crippen MR) is 75.9 cm³/mol. The first-order chi connectivity index (χ1) is 8.70. The number of amides is 1. The van der Waals surface area contributed by atoms with E-state index >= 15 is 0 Å². The van der Waals surface area contributed by atoms with E-state index < -0.39 is 0 Å². The van der Waals surface area contributed by atoms with Crippen LogP contribution in [0.2, 0.25) is 0 Å². The first-order valence-corrected chi connectivity index (χ1v) is 6.59. The van der Waals surface area contributed by atoms with Crippen molar-refractivity contribution < 1.29 is 4.79 Å². The van der Waals surface area contributed by atoms with Crippen molar-refractivity contribution in [3.05, 3.63) is 58.3 Å². The fourth-order valence-corrected chi connectivity index (χ4v) is 2.09. The molecule has 0 aliphatic rings. The molecule has 1 aromatic carbocycles. The molecule has 92 valence electrons. The van der Waals surface area contributed by atoms with Crippen LogP contribution in [-0.4, -0.2) is 10.9 Å². The van der Waals surface area contributed by atoms with Gasteiger partial charge in [-0.05, 0) is 33.6 Å². The topological polar surface area (TPSA) is 42.0 Å². The van der Waals surface area contributed by atoms with Gasteiger partial charge in [-0.1, -0.05) is 18.2 Å². The van der Waals surface area contributed by atoms with Gasteiger partial charge in [-0.25, -0.2) is 0 Å². The van der Waals surface area contributed by atoms with Gasteiger partial charge in [0.2, 0.25) is 0 Å². The Kier molecular flexibility index (Phi) is 4.33. The van der Waals surface area contributed by atoms with Crippen LogP contribution in [-0.2, 0) is 5.88 Å². The Labute approximate surface area is 118 Å². The van der Waals surface area contributed by atoms with Crippen LogP contribution in [0, 0.1) is 0 Å². The lowest BCUT2D eigenvalue weighted by atomic mass is 10.2. The Morgan fingerprint density at radius 1 is 1.33 bits per heavy atom. The zero-order chi connectivity index (χ0) is 13.0. The summed E-state index contributed by atoms with van der Waals surface area (Å²) < 4.78 is 0.765. The molecule has 0 saturated heterocycles. The van der Waals surface area contributed by atoms with E-state index in [1.807, 2.05) is 24.3 Å². The van der Waals surface area contributed by atoms with E-state index in [9.17, 15) is 4.79 Å². The number of pyridine rings is 1. The first-order valence-electron chi connectivity index (χ1n) is 5.26. The SMILES string of the molecule is O=C(Nc1ccccc1CCl)c1cncc(Br)c1. The van der Waals surface area contributed by atoms with Crippen molar-refractivity contribution in [2.24, 2.45) is 0 Å². The average molecular weight is 326 g/mol. The minimum atomic E-state index is -0.207. The molecule has 3 nitrogen and oxygen atoms in total. The van der Waals surface area contributed by atoms with Crippen LogP contribution in [0.1, 0.15) is 15.9 Å². The van der Waals surface area contributed by atoms with Gasteiger partial charge in [0.15, 0.2) is 0 Å². The molecule has 0 unspecified atom stereocenters. The summed E-state index contributed by atoms with van der Waals surface area (Å²) in [6.07, 6.45) is 3.15. The number of benzene rings is 1. The summed E-state index contributed by atoms with van der Waals surface area (Å²) >= 11 is 9.10. The van der Waals surface area contributed by atoms with Crippen molar-refractivity contribution in [1.29, 1.82) is 0 Å². The number of aromatic nitrogens is 1. The third-order valence-electron chi connectivity index (χ3n) is 2.38. The summed E-state index contributed by atoms with van der Waals surface area (Å²) in [4.78, 5) is 16.0.